The van der Waals surface area contributed by atoms with Crippen LogP contribution in [0, 0.1) is 0 Å². The number of rotatable bonds is 7. The van der Waals surface area contributed by atoms with Crippen molar-refractivity contribution >= 4 is 17.3 Å². The molecule has 3 nitrogen and oxygen atoms in total. The molecule has 16 heavy (non-hydrogen) atoms. The highest BCUT2D eigenvalue weighted by molar-refractivity contribution is 6.32. The maximum atomic E-state index is 5.92. The third kappa shape index (κ3) is 4.29. The zero-order chi connectivity index (χ0) is 11.8. The molecular weight excluding hydrogens is 226 g/mol. The van der Waals surface area contributed by atoms with Gasteiger partial charge < -0.3 is 14.8 Å². The maximum absolute atomic E-state index is 5.92. The van der Waals surface area contributed by atoms with Gasteiger partial charge in [-0.05, 0) is 18.6 Å². The number of nitrogens with one attached hydrogen (secondary N) is 1. The average Bonchev–Trinajstić information content (AvgIpc) is 2.31. The molecule has 0 saturated carbocycles. The molecular formula is C12H18ClNO2. The summed E-state index contributed by atoms with van der Waals surface area (Å²) >= 11 is 5.92. The summed E-state index contributed by atoms with van der Waals surface area (Å²) in [6.07, 6.45) is 1.05. The van der Waals surface area contributed by atoms with E-state index in [0.29, 0.717) is 17.4 Å². The Morgan fingerprint density at radius 1 is 1.31 bits per heavy atom. The van der Waals surface area contributed by atoms with Crippen molar-refractivity contribution in [1.29, 1.82) is 0 Å². The predicted molar refractivity (Wildman–Crippen MR) is 67.6 cm³/mol. The van der Waals surface area contributed by atoms with E-state index in [4.69, 9.17) is 21.1 Å². The van der Waals surface area contributed by atoms with E-state index < -0.39 is 0 Å². The standard InChI is InChI=1S/C12H18ClNO2/c1-3-7-16-8-6-14-10-4-5-11(13)12(9-10)15-2/h4-5,9,14H,3,6-8H2,1-2H3. The molecule has 4 heteroatoms. The van der Waals surface area contributed by atoms with Gasteiger partial charge in [-0.15, -0.1) is 0 Å². The van der Waals surface area contributed by atoms with Gasteiger partial charge in [0.25, 0.3) is 0 Å². The first-order chi connectivity index (χ1) is 7.77. The van der Waals surface area contributed by atoms with Gasteiger partial charge >= 0.3 is 0 Å². The van der Waals surface area contributed by atoms with Gasteiger partial charge in [0.15, 0.2) is 0 Å². The molecule has 0 fully saturated rings. The lowest BCUT2D eigenvalue weighted by Crippen LogP contribution is -2.09. The normalized spacial score (nSPS) is 10.2. The molecule has 0 saturated heterocycles. The van der Waals surface area contributed by atoms with Crippen LogP contribution in [0.15, 0.2) is 18.2 Å². The van der Waals surface area contributed by atoms with Crippen molar-refractivity contribution in [3.8, 4) is 5.75 Å². The fraction of sp³-hybridized carbons (Fsp3) is 0.500. The van der Waals surface area contributed by atoms with Crippen LogP contribution in [0.5, 0.6) is 5.75 Å². The number of methoxy groups -OCH3 is 1. The summed E-state index contributed by atoms with van der Waals surface area (Å²) in [5.74, 6) is 0.682. The molecule has 1 rings (SSSR count). The Kier molecular flexibility index (Phi) is 6.04. The topological polar surface area (TPSA) is 30.5 Å². The lowest BCUT2D eigenvalue weighted by atomic mass is 10.3. The van der Waals surface area contributed by atoms with Gasteiger partial charge in [0.1, 0.15) is 5.75 Å². The van der Waals surface area contributed by atoms with Gasteiger partial charge in [0, 0.05) is 24.9 Å². The minimum atomic E-state index is 0.621. The number of hydrogen-bond donors (Lipinski definition) is 1. The summed E-state index contributed by atoms with van der Waals surface area (Å²) in [5, 5.41) is 3.86. The van der Waals surface area contributed by atoms with Crippen molar-refractivity contribution in [1.82, 2.24) is 0 Å². The lowest BCUT2D eigenvalue weighted by molar-refractivity contribution is 0.144. The molecule has 0 spiro atoms. The highest BCUT2D eigenvalue weighted by Crippen LogP contribution is 2.27. The number of halogens is 1. The maximum Gasteiger partial charge on any atom is 0.139 e. The molecule has 0 aliphatic heterocycles. The average molecular weight is 244 g/mol. The van der Waals surface area contributed by atoms with Crippen molar-refractivity contribution in [2.45, 2.75) is 13.3 Å². The number of hydrogen-bond acceptors (Lipinski definition) is 3. The quantitative estimate of drug-likeness (QED) is 0.746. The Labute approximate surface area is 102 Å². The molecule has 1 N–H and O–H groups in total. The monoisotopic (exact) mass is 243 g/mol. The minimum Gasteiger partial charge on any atom is -0.495 e. The van der Waals surface area contributed by atoms with E-state index in [9.17, 15) is 0 Å². The Hall–Kier alpha value is -0.930. The van der Waals surface area contributed by atoms with Gasteiger partial charge in [-0.2, -0.15) is 0 Å². The van der Waals surface area contributed by atoms with Crippen molar-refractivity contribution in [3.63, 3.8) is 0 Å². The summed E-state index contributed by atoms with van der Waals surface area (Å²) in [7, 11) is 1.61. The second-order valence-electron chi connectivity index (χ2n) is 3.39. The van der Waals surface area contributed by atoms with Crippen molar-refractivity contribution in [3.05, 3.63) is 23.2 Å². The molecule has 0 aliphatic carbocycles. The largest absolute Gasteiger partial charge is 0.495 e. The summed E-state index contributed by atoms with van der Waals surface area (Å²) in [4.78, 5) is 0. The predicted octanol–water partition coefficient (Wildman–Crippen LogP) is 3.19. The van der Waals surface area contributed by atoms with Crippen molar-refractivity contribution in [2.75, 3.05) is 32.2 Å². The van der Waals surface area contributed by atoms with E-state index in [-0.39, 0.29) is 0 Å². The molecule has 0 amide bonds. The van der Waals surface area contributed by atoms with E-state index >= 15 is 0 Å². The first kappa shape index (κ1) is 13.1. The van der Waals surface area contributed by atoms with E-state index in [1.807, 2.05) is 18.2 Å². The summed E-state index contributed by atoms with van der Waals surface area (Å²) in [5.41, 5.74) is 0.987. The zero-order valence-corrected chi connectivity index (χ0v) is 10.5. The van der Waals surface area contributed by atoms with Crippen LogP contribution in [0.25, 0.3) is 0 Å². The second-order valence-corrected chi connectivity index (χ2v) is 3.80. The van der Waals surface area contributed by atoms with Gasteiger partial charge in [-0.1, -0.05) is 18.5 Å². The number of benzene rings is 1. The molecule has 90 valence electrons. The van der Waals surface area contributed by atoms with Crippen molar-refractivity contribution < 1.29 is 9.47 Å². The Bertz CT molecular complexity index is 318. The molecule has 0 bridgehead atoms. The van der Waals surface area contributed by atoms with E-state index in [1.54, 1.807) is 7.11 Å². The Morgan fingerprint density at radius 3 is 2.81 bits per heavy atom. The van der Waals surface area contributed by atoms with Crippen LogP contribution in [0.1, 0.15) is 13.3 Å². The van der Waals surface area contributed by atoms with Crippen LogP contribution in [-0.4, -0.2) is 26.9 Å². The molecule has 0 radical (unpaired) electrons. The van der Waals surface area contributed by atoms with Crippen LogP contribution in [0.3, 0.4) is 0 Å². The zero-order valence-electron chi connectivity index (χ0n) is 9.75. The first-order valence-electron chi connectivity index (χ1n) is 5.43. The Morgan fingerprint density at radius 2 is 2.12 bits per heavy atom. The van der Waals surface area contributed by atoms with E-state index in [0.717, 1.165) is 25.3 Å². The van der Waals surface area contributed by atoms with Crippen molar-refractivity contribution in [2.24, 2.45) is 0 Å². The van der Waals surface area contributed by atoms with Crippen LogP contribution < -0.4 is 10.1 Å². The van der Waals surface area contributed by atoms with E-state index in [1.165, 1.54) is 0 Å². The highest BCUT2D eigenvalue weighted by atomic mass is 35.5. The number of anilines is 1. The third-order valence-corrected chi connectivity index (χ3v) is 2.39. The lowest BCUT2D eigenvalue weighted by Gasteiger charge is -2.09. The molecule has 0 aliphatic rings. The van der Waals surface area contributed by atoms with Crippen LogP contribution in [0.2, 0.25) is 5.02 Å². The fourth-order valence-electron chi connectivity index (χ4n) is 1.28. The van der Waals surface area contributed by atoms with Gasteiger partial charge in [0.2, 0.25) is 0 Å². The summed E-state index contributed by atoms with van der Waals surface area (Å²) < 4.78 is 10.5. The van der Waals surface area contributed by atoms with Crippen LogP contribution >= 0.6 is 11.6 Å². The highest BCUT2D eigenvalue weighted by Gasteiger charge is 2.00. The molecule has 0 atom stereocenters. The van der Waals surface area contributed by atoms with Gasteiger partial charge in [-0.3, -0.25) is 0 Å². The van der Waals surface area contributed by atoms with Crippen LogP contribution in [0.4, 0.5) is 5.69 Å². The molecule has 0 unspecified atom stereocenters. The summed E-state index contributed by atoms with van der Waals surface area (Å²) in [6.45, 7) is 4.40. The third-order valence-electron chi connectivity index (χ3n) is 2.08. The first-order valence-corrected chi connectivity index (χ1v) is 5.81. The van der Waals surface area contributed by atoms with Gasteiger partial charge in [-0.25, -0.2) is 0 Å². The second kappa shape index (κ2) is 7.36. The minimum absolute atomic E-state index is 0.621. The summed E-state index contributed by atoms with van der Waals surface area (Å²) in [6, 6.07) is 5.61. The molecule has 0 aromatic heterocycles. The Balaban J connectivity index is 2.36. The molecule has 1 aromatic carbocycles. The SMILES string of the molecule is CCCOCCNc1ccc(Cl)c(OC)c1. The molecule has 0 heterocycles. The number of ether oxygens (including phenoxy) is 2. The fourth-order valence-corrected chi connectivity index (χ4v) is 1.48. The van der Waals surface area contributed by atoms with Crippen LogP contribution in [-0.2, 0) is 4.74 Å². The molecule has 1 aromatic rings. The van der Waals surface area contributed by atoms with E-state index in [2.05, 4.69) is 12.2 Å². The smallest absolute Gasteiger partial charge is 0.139 e. The van der Waals surface area contributed by atoms with Gasteiger partial charge in [0.05, 0.1) is 18.7 Å².